The Labute approximate surface area is 124 Å². The molecule has 0 bridgehead atoms. The summed E-state index contributed by atoms with van der Waals surface area (Å²) in [5.74, 6) is -1.39. The molecule has 0 aliphatic rings. The number of nitrogens with one attached hydrogen (secondary N) is 1. The third-order valence-corrected chi connectivity index (χ3v) is 3.01. The molecule has 5 nitrogen and oxygen atoms in total. The Morgan fingerprint density at radius 1 is 1.29 bits per heavy atom. The van der Waals surface area contributed by atoms with E-state index in [1.54, 1.807) is 13.0 Å². The lowest BCUT2D eigenvalue weighted by Crippen LogP contribution is -2.15. The maximum Gasteiger partial charge on any atom is 0.283 e. The fraction of sp³-hybridized carbons (Fsp3) is 0.0714. The zero-order valence-corrected chi connectivity index (χ0v) is 11.6. The Kier molecular flexibility index (Phi) is 4.18. The molecule has 0 saturated carbocycles. The van der Waals surface area contributed by atoms with E-state index in [1.807, 2.05) is 0 Å². The molecular weight excluding hydrogens is 299 g/mol. The molecule has 0 atom stereocenters. The summed E-state index contributed by atoms with van der Waals surface area (Å²) < 4.78 is 13.6. The fourth-order valence-corrected chi connectivity index (χ4v) is 1.94. The number of nitro benzene ring substituents is 1. The molecule has 1 N–H and O–H groups in total. The number of hydrogen-bond donors (Lipinski definition) is 1. The fourth-order valence-electron chi connectivity index (χ4n) is 1.77. The van der Waals surface area contributed by atoms with E-state index in [2.05, 4.69) is 5.32 Å². The Balaban J connectivity index is 2.37. The summed E-state index contributed by atoms with van der Waals surface area (Å²) >= 11 is 5.68. The van der Waals surface area contributed by atoms with Crippen molar-refractivity contribution in [3.05, 3.63) is 68.5 Å². The van der Waals surface area contributed by atoms with Gasteiger partial charge in [-0.25, -0.2) is 4.39 Å². The van der Waals surface area contributed by atoms with Gasteiger partial charge in [0.2, 0.25) is 0 Å². The van der Waals surface area contributed by atoms with Crippen molar-refractivity contribution in [3.63, 3.8) is 0 Å². The summed E-state index contributed by atoms with van der Waals surface area (Å²) in [5, 5.41) is 13.4. The van der Waals surface area contributed by atoms with Gasteiger partial charge in [0.1, 0.15) is 11.4 Å². The number of carbonyl (C=O) groups is 1. The van der Waals surface area contributed by atoms with Crippen molar-refractivity contribution in [1.82, 2.24) is 0 Å². The summed E-state index contributed by atoms with van der Waals surface area (Å²) in [7, 11) is 0. The standard InChI is InChI=1S/C14H10ClFN2O3/c1-8-2-5-11(16)12(6-8)17-14(19)10-4-3-9(15)7-13(10)18(20)21/h2-7H,1H3,(H,17,19). The topological polar surface area (TPSA) is 72.2 Å². The number of halogens is 2. The summed E-state index contributed by atoms with van der Waals surface area (Å²) in [6.07, 6.45) is 0. The van der Waals surface area contributed by atoms with Crippen molar-refractivity contribution in [2.24, 2.45) is 0 Å². The van der Waals surface area contributed by atoms with Gasteiger partial charge in [-0.1, -0.05) is 17.7 Å². The van der Waals surface area contributed by atoms with Gasteiger partial charge in [-0.3, -0.25) is 14.9 Å². The number of rotatable bonds is 3. The van der Waals surface area contributed by atoms with Crippen LogP contribution in [0, 0.1) is 22.9 Å². The summed E-state index contributed by atoms with van der Waals surface area (Å²) in [4.78, 5) is 22.3. The molecule has 108 valence electrons. The smallest absolute Gasteiger partial charge is 0.283 e. The average molecular weight is 309 g/mol. The van der Waals surface area contributed by atoms with Crippen LogP contribution < -0.4 is 5.32 Å². The predicted molar refractivity (Wildman–Crippen MR) is 77.2 cm³/mol. The van der Waals surface area contributed by atoms with Crippen LogP contribution in [0.15, 0.2) is 36.4 Å². The molecule has 7 heteroatoms. The van der Waals surface area contributed by atoms with Crippen molar-refractivity contribution >= 4 is 28.9 Å². The van der Waals surface area contributed by atoms with Gasteiger partial charge in [0, 0.05) is 11.1 Å². The highest BCUT2D eigenvalue weighted by molar-refractivity contribution is 6.31. The van der Waals surface area contributed by atoms with E-state index in [9.17, 15) is 19.3 Å². The minimum Gasteiger partial charge on any atom is -0.319 e. The Bertz CT molecular complexity index is 734. The highest BCUT2D eigenvalue weighted by Gasteiger charge is 2.21. The zero-order valence-electron chi connectivity index (χ0n) is 10.9. The number of amides is 1. The minimum absolute atomic E-state index is 0.0377. The summed E-state index contributed by atoms with van der Waals surface area (Å²) in [5.41, 5.74) is 0.0833. The summed E-state index contributed by atoms with van der Waals surface area (Å²) in [6, 6.07) is 7.86. The molecule has 0 saturated heterocycles. The van der Waals surface area contributed by atoms with Crippen molar-refractivity contribution in [2.75, 3.05) is 5.32 Å². The van der Waals surface area contributed by atoms with E-state index in [1.165, 1.54) is 24.3 Å². The average Bonchev–Trinajstić information content (AvgIpc) is 2.42. The van der Waals surface area contributed by atoms with E-state index >= 15 is 0 Å². The van der Waals surface area contributed by atoms with Gasteiger partial charge >= 0.3 is 0 Å². The highest BCUT2D eigenvalue weighted by atomic mass is 35.5. The van der Waals surface area contributed by atoms with Gasteiger partial charge in [0.05, 0.1) is 10.6 Å². The van der Waals surface area contributed by atoms with E-state index in [4.69, 9.17) is 11.6 Å². The molecular formula is C14H10ClFN2O3. The van der Waals surface area contributed by atoms with Crippen LogP contribution >= 0.6 is 11.6 Å². The van der Waals surface area contributed by atoms with Gasteiger partial charge < -0.3 is 5.32 Å². The lowest BCUT2D eigenvalue weighted by Gasteiger charge is -2.08. The normalized spacial score (nSPS) is 10.2. The molecule has 0 spiro atoms. The largest absolute Gasteiger partial charge is 0.319 e. The second-order valence-electron chi connectivity index (χ2n) is 4.36. The second-order valence-corrected chi connectivity index (χ2v) is 4.79. The van der Waals surface area contributed by atoms with Gasteiger partial charge in [-0.05, 0) is 36.8 Å². The maximum absolute atomic E-state index is 13.6. The first kappa shape index (κ1) is 14.9. The summed E-state index contributed by atoms with van der Waals surface area (Å²) in [6.45, 7) is 1.74. The molecule has 2 rings (SSSR count). The number of hydrogen-bond acceptors (Lipinski definition) is 3. The maximum atomic E-state index is 13.6. The molecule has 0 heterocycles. The number of carbonyl (C=O) groups excluding carboxylic acids is 1. The van der Waals surface area contributed by atoms with E-state index < -0.39 is 22.3 Å². The van der Waals surface area contributed by atoms with Crippen LogP contribution in [0.25, 0.3) is 0 Å². The van der Waals surface area contributed by atoms with Crippen molar-refractivity contribution in [1.29, 1.82) is 0 Å². The number of nitrogens with zero attached hydrogens (tertiary/aromatic N) is 1. The van der Waals surface area contributed by atoms with Crippen LogP contribution in [0.4, 0.5) is 15.8 Å². The molecule has 0 aromatic heterocycles. The quantitative estimate of drug-likeness (QED) is 0.689. The number of benzene rings is 2. The SMILES string of the molecule is Cc1ccc(F)c(NC(=O)c2ccc(Cl)cc2[N+](=O)[O-])c1. The molecule has 0 radical (unpaired) electrons. The van der Waals surface area contributed by atoms with Crippen LogP contribution in [-0.4, -0.2) is 10.8 Å². The Morgan fingerprint density at radius 3 is 2.67 bits per heavy atom. The van der Waals surface area contributed by atoms with Gasteiger partial charge in [0.25, 0.3) is 11.6 Å². The second kappa shape index (κ2) is 5.88. The molecule has 0 fully saturated rings. The van der Waals surface area contributed by atoms with E-state index in [0.29, 0.717) is 0 Å². The first-order valence-corrected chi connectivity index (χ1v) is 6.27. The Hall–Kier alpha value is -2.47. The molecule has 2 aromatic carbocycles. The molecule has 0 aliphatic heterocycles. The third kappa shape index (κ3) is 3.35. The zero-order chi connectivity index (χ0) is 15.6. The molecule has 0 unspecified atom stereocenters. The monoisotopic (exact) mass is 308 g/mol. The first-order valence-electron chi connectivity index (χ1n) is 5.90. The third-order valence-electron chi connectivity index (χ3n) is 2.77. The number of nitro groups is 1. The van der Waals surface area contributed by atoms with E-state index in [0.717, 1.165) is 11.6 Å². The molecule has 2 aromatic rings. The van der Waals surface area contributed by atoms with Crippen LogP contribution in [0.2, 0.25) is 5.02 Å². The minimum atomic E-state index is -0.775. The molecule has 0 aliphatic carbocycles. The number of anilines is 1. The van der Waals surface area contributed by atoms with Crippen molar-refractivity contribution in [2.45, 2.75) is 6.92 Å². The van der Waals surface area contributed by atoms with Crippen LogP contribution in [0.3, 0.4) is 0 Å². The van der Waals surface area contributed by atoms with Crippen molar-refractivity contribution in [3.8, 4) is 0 Å². The van der Waals surface area contributed by atoms with Crippen molar-refractivity contribution < 1.29 is 14.1 Å². The predicted octanol–water partition coefficient (Wildman–Crippen LogP) is 3.95. The lowest BCUT2D eigenvalue weighted by atomic mass is 10.1. The van der Waals surface area contributed by atoms with Gasteiger partial charge in [0.15, 0.2) is 0 Å². The number of aryl methyl sites for hydroxylation is 1. The van der Waals surface area contributed by atoms with Crippen LogP contribution in [0.5, 0.6) is 0 Å². The first-order chi connectivity index (χ1) is 9.88. The van der Waals surface area contributed by atoms with E-state index in [-0.39, 0.29) is 16.3 Å². The Morgan fingerprint density at radius 2 is 2.00 bits per heavy atom. The molecule has 1 amide bonds. The van der Waals surface area contributed by atoms with Crippen LogP contribution in [0.1, 0.15) is 15.9 Å². The highest BCUT2D eigenvalue weighted by Crippen LogP contribution is 2.25. The lowest BCUT2D eigenvalue weighted by molar-refractivity contribution is -0.385. The van der Waals surface area contributed by atoms with Gasteiger partial charge in [-0.2, -0.15) is 0 Å². The van der Waals surface area contributed by atoms with Crippen LogP contribution in [-0.2, 0) is 0 Å². The van der Waals surface area contributed by atoms with Gasteiger partial charge in [-0.15, -0.1) is 0 Å². The molecule has 21 heavy (non-hydrogen) atoms.